The number of nitrogens with zero attached hydrogens (tertiary/aromatic N) is 1. The van der Waals surface area contributed by atoms with Crippen molar-refractivity contribution < 1.29 is 4.79 Å². The molecule has 1 aromatic carbocycles. The highest BCUT2D eigenvalue weighted by Crippen LogP contribution is 2.33. The van der Waals surface area contributed by atoms with Crippen molar-refractivity contribution in [2.24, 2.45) is 5.41 Å². The number of rotatable bonds is 2. The molecule has 3 N–H and O–H groups in total. The fraction of sp³-hybridized carbons (Fsp3) is 0.562. The molecule has 1 aromatic rings. The SMILES string of the molecule is CNC(=O)c1ccc(N)c(N2CCCC(C)(C)CC2)c1. The van der Waals surface area contributed by atoms with Crippen LogP contribution in [0.1, 0.15) is 43.5 Å². The zero-order valence-corrected chi connectivity index (χ0v) is 12.7. The molecule has 20 heavy (non-hydrogen) atoms. The molecule has 1 heterocycles. The third-order valence-electron chi connectivity index (χ3n) is 4.20. The lowest BCUT2D eigenvalue weighted by Crippen LogP contribution is -2.26. The van der Waals surface area contributed by atoms with Crippen LogP contribution in [-0.2, 0) is 0 Å². The molecule has 1 fully saturated rings. The van der Waals surface area contributed by atoms with Crippen molar-refractivity contribution in [3.63, 3.8) is 0 Å². The van der Waals surface area contributed by atoms with Gasteiger partial charge in [-0.25, -0.2) is 0 Å². The first kappa shape index (κ1) is 14.7. The number of hydrogen-bond acceptors (Lipinski definition) is 3. The van der Waals surface area contributed by atoms with Crippen LogP contribution >= 0.6 is 0 Å². The van der Waals surface area contributed by atoms with Crippen LogP contribution in [-0.4, -0.2) is 26.0 Å². The second-order valence-electron chi connectivity index (χ2n) is 6.36. The van der Waals surface area contributed by atoms with E-state index in [1.807, 2.05) is 12.1 Å². The number of carbonyl (C=O) groups is 1. The Hall–Kier alpha value is -1.71. The smallest absolute Gasteiger partial charge is 0.251 e. The van der Waals surface area contributed by atoms with Gasteiger partial charge in [0.2, 0.25) is 0 Å². The van der Waals surface area contributed by atoms with Gasteiger partial charge in [-0.2, -0.15) is 0 Å². The van der Waals surface area contributed by atoms with E-state index in [1.165, 1.54) is 6.42 Å². The summed E-state index contributed by atoms with van der Waals surface area (Å²) in [5.41, 5.74) is 8.90. The number of nitrogen functional groups attached to an aromatic ring is 1. The van der Waals surface area contributed by atoms with Gasteiger partial charge in [-0.3, -0.25) is 4.79 Å². The van der Waals surface area contributed by atoms with Crippen LogP contribution in [0.2, 0.25) is 0 Å². The van der Waals surface area contributed by atoms with Gasteiger partial charge in [0.25, 0.3) is 5.91 Å². The van der Waals surface area contributed by atoms with Crippen LogP contribution in [0.15, 0.2) is 18.2 Å². The van der Waals surface area contributed by atoms with Gasteiger partial charge in [0.05, 0.1) is 11.4 Å². The normalized spacial score (nSPS) is 18.4. The molecule has 0 saturated carbocycles. The first-order valence-electron chi connectivity index (χ1n) is 7.29. The fourth-order valence-electron chi connectivity index (χ4n) is 2.77. The maximum Gasteiger partial charge on any atom is 0.251 e. The molecule has 4 nitrogen and oxygen atoms in total. The number of anilines is 2. The molecule has 1 saturated heterocycles. The Morgan fingerprint density at radius 2 is 2.05 bits per heavy atom. The quantitative estimate of drug-likeness (QED) is 0.816. The van der Waals surface area contributed by atoms with E-state index < -0.39 is 0 Å². The maximum absolute atomic E-state index is 11.8. The van der Waals surface area contributed by atoms with E-state index >= 15 is 0 Å². The molecule has 2 rings (SSSR count). The minimum Gasteiger partial charge on any atom is -0.397 e. The van der Waals surface area contributed by atoms with Gasteiger partial charge in [0.1, 0.15) is 0 Å². The van der Waals surface area contributed by atoms with E-state index in [4.69, 9.17) is 5.73 Å². The van der Waals surface area contributed by atoms with Gasteiger partial charge >= 0.3 is 0 Å². The summed E-state index contributed by atoms with van der Waals surface area (Å²) in [4.78, 5) is 14.1. The lowest BCUT2D eigenvalue weighted by atomic mass is 9.85. The zero-order valence-electron chi connectivity index (χ0n) is 12.7. The second kappa shape index (κ2) is 5.73. The van der Waals surface area contributed by atoms with Crippen LogP contribution < -0.4 is 16.0 Å². The van der Waals surface area contributed by atoms with E-state index in [1.54, 1.807) is 13.1 Å². The first-order chi connectivity index (χ1) is 9.43. The predicted octanol–water partition coefficient (Wildman–Crippen LogP) is 2.64. The minimum atomic E-state index is -0.0681. The predicted molar refractivity (Wildman–Crippen MR) is 84.1 cm³/mol. The zero-order chi connectivity index (χ0) is 14.8. The Labute approximate surface area is 121 Å². The highest BCUT2D eigenvalue weighted by Gasteiger charge is 2.24. The van der Waals surface area contributed by atoms with Crippen LogP contribution in [0.3, 0.4) is 0 Å². The summed E-state index contributed by atoms with van der Waals surface area (Å²) < 4.78 is 0. The Morgan fingerprint density at radius 1 is 1.30 bits per heavy atom. The minimum absolute atomic E-state index is 0.0681. The van der Waals surface area contributed by atoms with Gasteiger partial charge < -0.3 is 16.0 Å². The molecule has 0 aliphatic carbocycles. The number of amides is 1. The molecular formula is C16H25N3O. The highest BCUT2D eigenvalue weighted by molar-refractivity contribution is 5.96. The number of benzene rings is 1. The summed E-state index contributed by atoms with van der Waals surface area (Å²) in [7, 11) is 1.65. The molecule has 1 aliphatic rings. The van der Waals surface area contributed by atoms with Crippen molar-refractivity contribution in [1.29, 1.82) is 0 Å². The van der Waals surface area contributed by atoms with Crippen LogP contribution in [0.25, 0.3) is 0 Å². The van der Waals surface area contributed by atoms with E-state index in [-0.39, 0.29) is 5.91 Å². The van der Waals surface area contributed by atoms with Gasteiger partial charge in [-0.15, -0.1) is 0 Å². The summed E-state index contributed by atoms with van der Waals surface area (Å²) in [5.74, 6) is -0.0681. The Bertz CT molecular complexity index is 496. The molecule has 4 heteroatoms. The van der Waals surface area contributed by atoms with Crippen molar-refractivity contribution in [3.8, 4) is 0 Å². The third-order valence-corrected chi connectivity index (χ3v) is 4.20. The molecule has 0 atom stereocenters. The van der Waals surface area contributed by atoms with E-state index in [9.17, 15) is 4.79 Å². The Kier molecular flexibility index (Phi) is 4.21. The van der Waals surface area contributed by atoms with Crippen molar-refractivity contribution >= 4 is 17.3 Å². The lowest BCUT2D eigenvalue weighted by Gasteiger charge is -2.26. The summed E-state index contributed by atoms with van der Waals surface area (Å²) in [6.45, 7) is 6.64. The second-order valence-corrected chi connectivity index (χ2v) is 6.36. The van der Waals surface area contributed by atoms with Gasteiger partial charge in [0.15, 0.2) is 0 Å². The number of nitrogens with one attached hydrogen (secondary N) is 1. The van der Waals surface area contributed by atoms with Crippen molar-refractivity contribution in [2.45, 2.75) is 33.1 Å². The first-order valence-corrected chi connectivity index (χ1v) is 7.29. The lowest BCUT2D eigenvalue weighted by molar-refractivity contribution is 0.0963. The Balaban J connectivity index is 2.25. The average Bonchev–Trinajstić information content (AvgIpc) is 2.59. The summed E-state index contributed by atoms with van der Waals surface area (Å²) >= 11 is 0. The molecule has 0 spiro atoms. The molecule has 0 radical (unpaired) electrons. The standard InChI is InChI=1S/C16H25N3O/c1-16(2)7-4-9-19(10-8-16)14-11-12(15(20)18-3)5-6-13(14)17/h5-6,11H,4,7-10,17H2,1-3H3,(H,18,20). The number of nitrogens with two attached hydrogens (primary N) is 1. The van der Waals surface area contributed by atoms with Crippen LogP contribution in [0.4, 0.5) is 11.4 Å². The van der Waals surface area contributed by atoms with Crippen LogP contribution in [0, 0.1) is 5.41 Å². The maximum atomic E-state index is 11.8. The topological polar surface area (TPSA) is 58.4 Å². The molecule has 1 amide bonds. The highest BCUT2D eigenvalue weighted by atomic mass is 16.1. The average molecular weight is 275 g/mol. The Morgan fingerprint density at radius 3 is 2.75 bits per heavy atom. The molecule has 0 bridgehead atoms. The molecule has 1 aliphatic heterocycles. The fourth-order valence-corrected chi connectivity index (χ4v) is 2.77. The molecular weight excluding hydrogens is 250 g/mol. The molecule has 110 valence electrons. The van der Waals surface area contributed by atoms with Crippen LogP contribution in [0.5, 0.6) is 0 Å². The van der Waals surface area contributed by atoms with Crippen molar-refractivity contribution in [3.05, 3.63) is 23.8 Å². The van der Waals surface area contributed by atoms with E-state index in [0.29, 0.717) is 11.0 Å². The van der Waals surface area contributed by atoms with Crippen molar-refractivity contribution in [2.75, 3.05) is 30.8 Å². The molecule has 0 aromatic heterocycles. The largest absolute Gasteiger partial charge is 0.397 e. The summed E-state index contributed by atoms with van der Waals surface area (Å²) in [6.07, 6.45) is 3.55. The molecule has 0 unspecified atom stereocenters. The van der Waals surface area contributed by atoms with Crippen molar-refractivity contribution in [1.82, 2.24) is 5.32 Å². The van der Waals surface area contributed by atoms with E-state index in [2.05, 4.69) is 24.1 Å². The summed E-state index contributed by atoms with van der Waals surface area (Å²) in [6, 6.07) is 5.52. The number of hydrogen-bond donors (Lipinski definition) is 2. The monoisotopic (exact) mass is 275 g/mol. The van der Waals surface area contributed by atoms with E-state index in [0.717, 1.165) is 37.3 Å². The number of carbonyl (C=O) groups excluding carboxylic acids is 1. The third kappa shape index (κ3) is 3.24. The van der Waals surface area contributed by atoms with Gasteiger partial charge in [-0.05, 0) is 42.9 Å². The van der Waals surface area contributed by atoms with Gasteiger partial charge in [-0.1, -0.05) is 13.8 Å². The van der Waals surface area contributed by atoms with Gasteiger partial charge in [0, 0.05) is 25.7 Å². The summed E-state index contributed by atoms with van der Waals surface area (Å²) in [5, 5.41) is 2.66.